The molecule has 3 rings (SSSR count). The van der Waals surface area contributed by atoms with Gasteiger partial charge in [0.25, 0.3) is 5.91 Å². The summed E-state index contributed by atoms with van der Waals surface area (Å²) < 4.78 is 22.9. The van der Waals surface area contributed by atoms with Gasteiger partial charge in [-0.3, -0.25) is 9.59 Å². The Balaban J connectivity index is 1.55. The maximum absolute atomic E-state index is 12.3. The number of amides is 2. The lowest BCUT2D eigenvalue weighted by Crippen LogP contribution is -2.46. The third kappa shape index (κ3) is 4.01. The molecule has 1 aromatic heterocycles. The number of sulfone groups is 1. The van der Waals surface area contributed by atoms with Gasteiger partial charge in [0, 0.05) is 30.4 Å². The molecule has 1 fully saturated rings. The van der Waals surface area contributed by atoms with Crippen LogP contribution in [0, 0.1) is 0 Å². The van der Waals surface area contributed by atoms with Crippen molar-refractivity contribution in [3.63, 3.8) is 0 Å². The molecule has 1 aromatic carbocycles. The number of nitrogens with zero attached hydrogens (tertiary/aromatic N) is 1. The summed E-state index contributed by atoms with van der Waals surface area (Å²) in [6.07, 6.45) is 2.69. The molecule has 2 heterocycles. The molecule has 0 radical (unpaired) electrons. The lowest BCUT2D eigenvalue weighted by atomic mass is 10.1. The first-order chi connectivity index (χ1) is 11.9. The zero-order valence-corrected chi connectivity index (χ0v) is 14.8. The average Bonchev–Trinajstić information content (AvgIpc) is 3.06. The molecule has 2 N–H and O–H groups in total. The van der Waals surface area contributed by atoms with Crippen LogP contribution in [-0.2, 0) is 14.6 Å². The Labute approximate surface area is 146 Å². The second kappa shape index (κ2) is 6.87. The van der Waals surface area contributed by atoms with Crippen molar-refractivity contribution in [1.82, 2.24) is 15.2 Å². The van der Waals surface area contributed by atoms with Crippen molar-refractivity contribution in [3.05, 3.63) is 36.0 Å². The molecule has 0 unspecified atom stereocenters. The highest BCUT2D eigenvalue weighted by atomic mass is 32.2. The quantitative estimate of drug-likeness (QED) is 0.844. The SMILES string of the molecule is CN(C(=O)CNC(=O)c1ccc2cc[nH]c2c1)C1CCS(=O)(=O)CC1. The largest absolute Gasteiger partial charge is 0.361 e. The van der Waals surface area contributed by atoms with E-state index in [1.54, 1.807) is 30.3 Å². The standard InChI is InChI=1S/C17H21N3O4S/c1-20(14-5-8-25(23,24)9-6-14)16(21)11-19-17(22)13-3-2-12-4-7-18-15(12)10-13/h2-4,7,10,14,18H,5-6,8-9,11H2,1H3,(H,19,22). The third-order valence-electron chi connectivity index (χ3n) is 4.68. The van der Waals surface area contributed by atoms with E-state index in [0.717, 1.165) is 10.9 Å². The minimum Gasteiger partial charge on any atom is -0.361 e. The van der Waals surface area contributed by atoms with E-state index >= 15 is 0 Å². The Morgan fingerprint density at radius 1 is 1.24 bits per heavy atom. The summed E-state index contributed by atoms with van der Waals surface area (Å²) in [5, 5.41) is 3.64. The Kier molecular flexibility index (Phi) is 4.80. The number of carbonyl (C=O) groups is 2. The highest BCUT2D eigenvalue weighted by Crippen LogP contribution is 2.17. The zero-order valence-electron chi connectivity index (χ0n) is 14.0. The number of hydrogen-bond acceptors (Lipinski definition) is 4. The van der Waals surface area contributed by atoms with Gasteiger partial charge in [-0.2, -0.15) is 0 Å². The number of carbonyl (C=O) groups excluding carboxylic acids is 2. The molecule has 8 heteroatoms. The Hall–Kier alpha value is -2.35. The summed E-state index contributed by atoms with van der Waals surface area (Å²) in [6.45, 7) is -0.110. The molecule has 7 nitrogen and oxygen atoms in total. The van der Waals surface area contributed by atoms with Crippen molar-refractivity contribution in [1.29, 1.82) is 0 Å². The first-order valence-electron chi connectivity index (χ1n) is 8.17. The fourth-order valence-corrected chi connectivity index (χ4v) is 4.51. The van der Waals surface area contributed by atoms with E-state index in [1.807, 2.05) is 12.1 Å². The Morgan fingerprint density at radius 2 is 1.96 bits per heavy atom. The molecule has 25 heavy (non-hydrogen) atoms. The van der Waals surface area contributed by atoms with Crippen molar-refractivity contribution in [2.24, 2.45) is 0 Å². The Bertz CT molecular complexity index is 890. The summed E-state index contributed by atoms with van der Waals surface area (Å²) in [4.78, 5) is 29.1. The monoisotopic (exact) mass is 363 g/mol. The van der Waals surface area contributed by atoms with Crippen molar-refractivity contribution in [2.75, 3.05) is 25.1 Å². The van der Waals surface area contributed by atoms with Crippen LogP contribution in [0.2, 0.25) is 0 Å². The molecule has 0 atom stereocenters. The topological polar surface area (TPSA) is 99.3 Å². The minimum absolute atomic E-state index is 0.0943. The normalized spacial score (nSPS) is 17.3. The number of likely N-dealkylation sites (N-methyl/N-ethyl adjacent to an activating group) is 1. The summed E-state index contributed by atoms with van der Waals surface area (Å²) >= 11 is 0. The van der Waals surface area contributed by atoms with Crippen LogP contribution in [0.25, 0.3) is 10.9 Å². The molecule has 1 saturated heterocycles. The predicted molar refractivity (Wildman–Crippen MR) is 95.1 cm³/mol. The van der Waals surface area contributed by atoms with Gasteiger partial charge < -0.3 is 15.2 Å². The van der Waals surface area contributed by atoms with E-state index in [-0.39, 0.29) is 35.9 Å². The molecule has 2 amide bonds. The molecule has 134 valence electrons. The number of H-pyrrole nitrogens is 1. The fourth-order valence-electron chi connectivity index (χ4n) is 3.04. The minimum atomic E-state index is -2.96. The first-order valence-corrected chi connectivity index (χ1v) is 9.99. The highest BCUT2D eigenvalue weighted by Gasteiger charge is 2.28. The van der Waals surface area contributed by atoms with E-state index in [1.165, 1.54) is 0 Å². The van der Waals surface area contributed by atoms with Crippen LogP contribution in [0.5, 0.6) is 0 Å². The molecule has 1 aliphatic rings. The van der Waals surface area contributed by atoms with E-state index in [2.05, 4.69) is 10.3 Å². The summed E-state index contributed by atoms with van der Waals surface area (Å²) in [7, 11) is -1.31. The first kappa shape index (κ1) is 17.5. The number of aromatic amines is 1. The maximum atomic E-state index is 12.3. The van der Waals surface area contributed by atoms with Gasteiger partial charge in [0.15, 0.2) is 0 Å². The molecule has 1 aliphatic heterocycles. The van der Waals surface area contributed by atoms with Crippen LogP contribution in [0.4, 0.5) is 0 Å². The summed E-state index contributed by atoms with van der Waals surface area (Å²) in [5.41, 5.74) is 1.34. The van der Waals surface area contributed by atoms with Gasteiger partial charge in [0.1, 0.15) is 9.84 Å². The number of benzene rings is 1. The van der Waals surface area contributed by atoms with Gasteiger partial charge in [-0.05, 0) is 36.4 Å². The van der Waals surface area contributed by atoms with Gasteiger partial charge in [0.2, 0.25) is 5.91 Å². The van der Waals surface area contributed by atoms with Crippen LogP contribution in [0.1, 0.15) is 23.2 Å². The summed E-state index contributed by atoms with van der Waals surface area (Å²) in [5.74, 6) is -0.321. The number of aromatic nitrogens is 1. The second-order valence-corrected chi connectivity index (χ2v) is 8.65. The van der Waals surface area contributed by atoms with Gasteiger partial charge in [-0.25, -0.2) is 8.42 Å². The highest BCUT2D eigenvalue weighted by molar-refractivity contribution is 7.91. The van der Waals surface area contributed by atoms with E-state index in [4.69, 9.17) is 0 Å². The lowest BCUT2D eigenvalue weighted by molar-refractivity contribution is -0.131. The number of hydrogen-bond donors (Lipinski definition) is 2. The van der Waals surface area contributed by atoms with Crippen LogP contribution in [0.15, 0.2) is 30.5 Å². The molecule has 0 bridgehead atoms. The van der Waals surface area contributed by atoms with Crippen LogP contribution in [-0.4, -0.2) is 61.3 Å². The van der Waals surface area contributed by atoms with Gasteiger partial charge in [-0.1, -0.05) is 6.07 Å². The lowest BCUT2D eigenvalue weighted by Gasteiger charge is -2.31. The van der Waals surface area contributed by atoms with Gasteiger partial charge in [0.05, 0.1) is 18.1 Å². The van der Waals surface area contributed by atoms with Crippen LogP contribution in [0.3, 0.4) is 0 Å². The number of fused-ring (bicyclic) bond motifs is 1. The number of nitrogens with one attached hydrogen (secondary N) is 2. The predicted octanol–water partition coefficient (Wildman–Crippen LogP) is 0.933. The van der Waals surface area contributed by atoms with E-state index < -0.39 is 9.84 Å². The van der Waals surface area contributed by atoms with E-state index in [0.29, 0.717) is 18.4 Å². The van der Waals surface area contributed by atoms with Crippen molar-refractivity contribution >= 4 is 32.6 Å². The molecule has 0 aliphatic carbocycles. The fraction of sp³-hybridized carbons (Fsp3) is 0.412. The zero-order chi connectivity index (χ0) is 18.0. The molecule has 2 aromatic rings. The maximum Gasteiger partial charge on any atom is 0.251 e. The van der Waals surface area contributed by atoms with Gasteiger partial charge in [-0.15, -0.1) is 0 Å². The molecule has 0 spiro atoms. The Morgan fingerprint density at radius 3 is 2.68 bits per heavy atom. The van der Waals surface area contributed by atoms with Crippen molar-refractivity contribution < 1.29 is 18.0 Å². The van der Waals surface area contributed by atoms with E-state index in [9.17, 15) is 18.0 Å². The smallest absolute Gasteiger partial charge is 0.251 e. The second-order valence-electron chi connectivity index (χ2n) is 6.35. The third-order valence-corrected chi connectivity index (χ3v) is 6.40. The molecule has 0 saturated carbocycles. The van der Waals surface area contributed by atoms with Gasteiger partial charge >= 0.3 is 0 Å². The van der Waals surface area contributed by atoms with Crippen LogP contribution >= 0.6 is 0 Å². The van der Waals surface area contributed by atoms with Crippen LogP contribution < -0.4 is 5.32 Å². The molecular formula is C17H21N3O4S. The molecular weight excluding hydrogens is 342 g/mol. The van der Waals surface area contributed by atoms with Crippen molar-refractivity contribution in [2.45, 2.75) is 18.9 Å². The number of rotatable bonds is 4. The average molecular weight is 363 g/mol. The van der Waals surface area contributed by atoms with Crippen molar-refractivity contribution in [3.8, 4) is 0 Å². The summed E-state index contributed by atoms with van der Waals surface area (Å²) in [6, 6.07) is 7.12.